The normalized spacial score (nSPS) is 22.6. The van der Waals surface area contributed by atoms with Crippen LogP contribution in [-0.2, 0) is 4.74 Å². The Morgan fingerprint density at radius 3 is 2.94 bits per heavy atom. The van der Waals surface area contributed by atoms with E-state index in [1.165, 1.54) is 6.07 Å². The second-order valence-corrected chi connectivity index (χ2v) is 4.47. The zero-order valence-corrected chi connectivity index (χ0v) is 10.2. The number of para-hydroxylation sites is 1. The third-order valence-corrected chi connectivity index (χ3v) is 3.12. The maximum Gasteiger partial charge on any atom is 0.146 e. The topological polar surface area (TPSA) is 32.7 Å². The van der Waals surface area contributed by atoms with Crippen molar-refractivity contribution in [1.82, 2.24) is 0 Å². The standard InChI is InChI=1S/C13H18FNO2/c1-9-8-17-7-6-15(9)13-11(10(2)16)4-3-5-12(13)14/h3-5,9-10,16H,6-8H2,1-2H3/t9?,10-/m0/s1. The van der Waals surface area contributed by atoms with Gasteiger partial charge in [-0.1, -0.05) is 12.1 Å². The molecule has 0 radical (unpaired) electrons. The number of ether oxygens (including phenoxy) is 1. The summed E-state index contributed by atoms with van der Waals surface area (Å²) in [6.45, 7) is 5.49. The fourth-order valence-electron chi connectivity index (χ4n) is 2.23. The van der Waals surface area contributed by atoms with Gasteiger partial charge in [0.25, 0.3) is 0 Å². The summed E-state index contributed by atoms with van der Waals surface area (Å²) in [5.41, 5.74) is 1.15. The molecule has 1 N–H and O–H groups in total. The van der Waals surface area contributed by atoms with Gasteiger partial charge in [0.15, 0.2) is 0 Å². The SMILES string of the molecule is CC1COCCN1c1c(F)cccc1[C@H](C)O. The maximum atomic E-state index is 14.0. The fourth-order valence-corrected chi connectivity index (χ4v) is 2.23. The Morgan fingerprint density at radius 1 is 1.53 bits per heavy atom. The van der Waals surface area contributed by atoms with Crippen molar-refractivity contribution < 1.29 is 14.2 Å². The zero-order valence-electron chi connectivity index (χ0n) is 10.2. The lowest BCUT2D eigenvalue weighted by atomic mass is 10.0. The fraction of sp³-hybridized carbons (Fsp3) is 0.538. The summed E-state index contributed by atoms with van der Waals surface area (Å²) in [7, 11) is 0. The highest BCUT2D eigenvalue weighted by Crippen LogP contribution is 2.31. The van der Waals surface area contributed by atoms with Gasteiger partial charge in [-0.2, -0.15) is 0 Å². The van der Waals surface area contributed by atoms with Crippen LogP contribution in [0, 0.1) is 5.82 Å². The number of halogens is 1. The zero-order chi connectivity index (χ0) is 12.4. The van der Waals surface area contributed by atoms with E-state index < -0.39 is 6.10 Å². The van der Waals surface area contributed by atoms with E-state index in [1.807, 2.05) is 11.8 Å². The van der Waals surface area contributed by atoms with Crippen LogP contribution in [0.15, 0.2) is 18.2 Å². The van der Waals surface area contributed by atoms with E-state index in [0.29, 0.717) is 31.0 Å². The van der Waals surface area contributed by atoms with Crippen LogP contribution in [0.1, 0.15) is 25.5 Å². The molecule has 0 bridgehead atoms. The number of aliphatic hydroxyl groups excluding tert-OH is 1. The van der Waals surface area contributed by atoms with Crippen LogP contribution in [0.3, 0.4) is 0 Å². The molecule has 0 aliphatic carbocycles. The molecule has 2 atom stereocenters. The molecule has 0 aromatic heterocycles. The first-order valence-corrected chi connectivity index (χ1v) is 5.92. The average molecular weight is 239 g/mol. The molecule has 1 aliphatic heterocycles. The van der Waals surface area contributed by atoms with Crippen LogP contribution in [-0.4, -0.2) is 30.9 Å². The Labute approximate surface area is 101 Å². The lowest BCUT2D eigenvalue weighted by Crippen LogP contribution is -2.44. The largest absolute Gasteiger partial charge is 0.389 e. The molecule has 94 valence electrons. The molecule has 1 unspecified atom stereocenters. The van der Waals surface area contributed by atoms with E-state index in [0.717, 1.165) is 0 Å². The smallest absolute Gasteiger partial charge is 0.146 e. The Hall–Kier alpha value is -1.13. The highest BCUT2D eigenvalue weighted by molar-refractivity contribution is 5.56. The molecule has 1 fully saturated rings. The van der Waals surface area contributed by atoms with E-state index in [4.69, 9.17) is 4.74 Å². The first kappa shape index (κ1) is 12.3. The Kier molecular flexibility index (Phi) is 3.64. The summed E-state index contributed by atoms with van der Waals surface area (Å²) in [6.07, 6.45) is -0.671. The summed E-state index contributed by atoms with van der Waals surface area (Å²) in [6, 6.07) is 4.96. The summed E-state index contributed by atoms with van der Waals surface area (Å²) < 4.78 is 19.3. The van der Waals surface area contributed by atoms with Crippen LogP contribution in [0.2, 0.25) is 0 Å². The number of rotatable bonds is 2. The van der Waals surface area contributed by atoms with Crippen molar-refractivity contribution in [3.8, 4) is 0 Å². The lowest BCUT2D eigenvalue weighted by Gasteiger charge is -2.37. The van der Waals surface area contributed by atoms with E-state index >= 15 is 0 Å². The molecule has 1 aromatic rings. The van der Waals surface area contributed by atoms with Crippen molar-refractivity contribution in [3.63, 3.8) is 0 Å². The third-order valence-electron chi connectivity index (χ3n) is 3.12. The van der Waals surface area contributed by atoms with Crippen LogP contribution < -0.4 is 4.90 Å². The summed E-state index contributed by atoms with van der Waals surface area (Å²) >= 11 is 0. The van der Waals surface area contributed by atoms with Crippen molar-refractivity contribution in [3.05, 3.63) is 29.6 Å². The van der Waals surface area contributed by atoms with E-state index in [1.54, 1.807) is 19.1 Å². The number of nitrogens with zero attached hydrogens (tertiary/aromatic N) is 1. The van der Waals surface area contributed by atoms with E-state index in [2.05, 4.69) is 0 Å². The maximum absolute atomic E-state index is 14.0. The number of hydrogen-bond donors (Lipinski definition) is 1. The third kappa shape index (κ3) is 2.42. The summed E-state index contributed by atoms with van der Waals surface area (Å²) in [5.74, 6) is -0.280. The van der Waals surface area contributed by atoms with Crippen molar-refractivity contribution in [1.29, 1.82) is 0 Å². The molecular weight excluding hydrogens is 221 g/mol. The molecule has 1 aromatic carbocycles. The molecule has 2 rings (SSSR count). The van der Waals surface area contributed by atoms with Gasteiger partial charge < -0.3 is 14.7 Å². The van der Waals surface area contributed by atoms with Crippen molar-refractivity contribution in [2.24, 2.45) is 0 Å². The number of benzene rings is 1. The van der Waals surface area contributed by atoms with Gasteiger partial charge in [-0.25, -0.2) is 4.39 Å². The Balaban J connectivity index is 2.41. The van der Waals surface area contributed by atoms with Gasteiger partial charge >= 0.3 is 0 Å². The minimum Gasteiger partial charge on any atom is -0.389 e. The Bertz CT molecular complexity index is 395. The predicted octanol–water partition coefficient (Wildman–Crippen LogP) is 2.10. The number of aliphatic hydroxyl groups is 1. The van der Waals surface area contributed by atoms with Gasteiger partial charge in [0.2, 0.25) is 0 Å². The van der Waals surface area contributed by atoms with Gasteiger partial charge in [0, 0.05) is 18.2 Å². The molecule has 0 amide bonds. The van der Waals surface area contributed by atoms with Crippen LogP contribution in [0.4, 0.5) is 10.1 Å². The molecule has 0 saturated carbocycles. The van der Waals surface area contributed by atoms with Crippen molar-refractivity contribution in [2.75, 3.05) is 24.7 Å². The first-order valence-electron chi connectivity index (χ1n) is 5.92. The number of morpholine rings is 1. The highest BCUT2D eigenvalue weighted by atomic mass is 19.1. The minimum atomic E-state index is -0.671. The molecule has 0 spiro atoms. The van der Waals surface area contributed by atoms with Crippen molar-refractivity contribution >= 4 is 5.69 Å². The monoisotopic (exact) mass is 239 g/mol. The second-order valence-electron chi connectivity index (χ2n) is 4.47. The van der Waals surface area contributed by atoms with Crippen LogP contribution in [0.25, 0.3) is 0 Å². The van der Waals surface area contributed by atoms with Crippen LogP contribution >= 0.6 is 0 Å². The predicted molar refractivity (Wildman–Crippen MR) is 64.7 cm³/mol. The van der Waals surface area contributed by atoms with Crippen molar-refractivity contribution in [2.45, 2.75) is 26.0 Å². The minimum absolute atomic E-state index is 0.123. The van der Waals surface area contributed by atoms with E-state index in [-0.39, 0.29) is 11.9 Å². The van der Waals surface area contributed by atoms with Gasteiger partial charge in [0.05, 0.1) is 25.0 Å². The van der Waals surface area contributed by atoms with Crippen LogP contribution in [0.5, 0.6) is 0 Å². The molecular formula is C13H18FNO2. The quantitative estimate of drug-likeness (QED) is 0.858. The second kappa shape index (κ2) is 5.02. The molecule has 1 heterocycles. The highest BCUT2D eigenvalue weighted by Gasteiger charge is 2.25. The summed E-state index contributed by atoms with van der Waals surface area (Å²) in [5, 5.41) is 9.72. The van der Waals surface area contributed by atoms with Gasteiger partial charge in [-0.05, 0) is 19.9 Å². The molecule has 3 nitrogen and oxygen atoms in total. The molecule has 1 aliphatic rings. The lowest BCUT2D eigenvalue weighted by molar-refractivity contribution is 0.0980. The number of hydrogen-bond acceptors (Lipinski definition) is 3. The Morgan fingerprint density at radius 2 is 2.29 bits per heavy atom. The number of anilines is 1. The molecule has 1 saturated heterocycles. The van der Waals surface area contributed by atoms with E-state index in [9.17, 15) is 9.50 Å². The molecule has 4 heteroatoms. The first-order chi connectivity index (χ1) is 8.11. The molecule has 17 heavy (non-hydrogen) atoms. The van der Waals surface area contributed by atoms with Gasteiger partial charge in [0.1, 0.15) is 5.82 Å². The van der Waals surface area contributed by atoms with Gasteiger partial charge in [-0.3, -0.25) is 0 Å². The summed E-state index contributed by atoms with van der Waals surface area (Å²) in [4.78, 5) is 1.97. The van der Waals surface area contributed by atoms with Gasteiger partial charge in [-0.15, -0.1) is 0 Å². The average Bonchev–Trinajstić information content (AvgIpc) is 2.30.